The minimum Gasteiger partial charge on any atom is -0.391 e. The maximum Gasteiger partial charge on any atom is 0.0745 e. The molecule has 0 amide bonds. The molecule has 2 aliphatic carbocycles. The van der Waals surface area contributed by atoms with Gasteiger partial charge in [-0.15, -0.1) is 0 Å². The predicted molar refractivity (Wildman–Crippen MR) is 108 cm³/mol. The molecule has 0 bridgehead atoms. The molecule has 2 aliphatic rings. The standard InChI is InChI=1S/C23H44O3/c1-7-26-23(5,6)20-10-8-18(9-11-20)22(3,4)19-12-14-21(15-13-19)25-16-17(2)24/h17-21,24H,7-16H2,1-6H3. The van der Waals surface area contributed by atoms with Gasteiger partial charge in [0.2, 0.25) is 0 Å². The summed E-state index contributed by atoms with van der Waals surface area (Å²) in [5.74, 6) is 2.37. The zero-order valence-corrected chi connectivity index (χ0v) is 18.2. The van der Waals surface area contributed by atoms with Gasteiger partial charge in [-0.1, -0.05) is 13.8 Å². The van der Waals surface area contributed by atoms with Gasteiger partial charge in [-0.3, -0.25) is 0 Å². The van der Waals surface area contributed by atoms with E-state index in [2.05, 4.69) is 34.6 Å². The lowest BCUT2D eigenvalue weighted by Gasteiger charge is -2.48. The predicted octanol–water partition coefficient (Wildman–Crippen LogP) is 5.59. The van der Waals surface area contributed by atoms with E-state index >= 15 is 0 Å². The van der Waals surface area contributed by atoms with Gasteiger partial charge in [0.15, 0.2) is 0 Å². The van der Waals surface area contributed by atoms with Gasteiger partial charge >= 0.3 is 0 Å². The van der Waals surface area contributed by atoms with Crippen LogP contribution in [0, 0.1) is 23.2 Å². The Morgan fingerprint density at radius 2 is 1.31 bits per heavy atom. The van der Waals surface area contributed by atoms with Crippen LogP contribution in [-0.4, -0.2) is 36.1 Å². The highest BCUT2D eigenvalue weighted by Crippen LogP contribution is 2.50. The van der Waals surface area contributed by atoms with Crippen molar-refractivity contribution < 1.29 is 14.6 Å². The molecule has 1 N–H and O–H groups in total. The fourth-order valence-electron chi connectivity index (χ4n) is 5.60. The Balaban J connectivity index is 1.82. The first-order valence-corrected chi connectivity index (χ1v) is 11.1. The molecule has 0 saturated heterocycles. The molecule has 2 fully saturated rings. The smallest absolute Gasteiger partial charge is 0.0745 e. The molecule has 0 aromatic rings. The molecule has 3 heteroatoms. The Bertz CT molecular complexity index is 400. The second-order valence-electron chi connectivity index (χ2n) is 10.1. The second kappa shape index (κ2) is 9.39. The summed E-state index contributed by atoms with van der Waals surface area (Å²) in [6.45, 7) is 14.8. The van der Waals surface area contributed by atoms with Crippen molar-refractivity contribution in [2.24, 2.45) is 23.2 Å². The molecule has 154 valence electrons. The van der Waals surface area contributed by atoms with E-state index in [1.165, 1.54) is 38.5 Å². The molecule has 0 aliphatic heterocycles. The molecule has 2 saturated carbocycles. The number of ether oxygens (including phenoxy) is 2. The molecule has 3 nitrogen and oxygen atoms in total. The molecular formula is C23H44O3. The van der Waals surface area contributed by atoms with Crippen molar-refractivity contribution in [3.63, 3.8) is 0 Å². The van der Waals surface area contributed by atoms with Crippen molar-refractivity contribution in [1.82, 2.24) is 0 Å². The molecule has 0 aromatic heterocycles. The van der Waals surface area contributed by atoms with Gasteiger partial charge in [-0.25, -0.2) is 0 Å². The minimum atomic E-state index is -0.347. The Hall–Kier alpha value is -0.120. The molecule has 0 spiro atoms. The lowest BCUT2D eigenvalue weighted by molar-refractivity contribution is -0.0799. The van der Waals surface area contributed by atoms with E-state index in [9.17, 15) is 5.11 Å². The van der Waals surface area contributed by atoms with E-state index in [0.717, 1.165) is 31.3 Å². The van der Waals surface area contributed by atoms with Crippen LogP contribution in [0.1, 0.15) is 92.9 Å². The van der Waals surface area contributed by atoms with Crippen molar-refractivity contribution in [2.75, 3.05) is 13.2 Å². The normalized spacial score (nSPS) is 32.4. The van der Waals surface area contributed by atoms with E-state index in [0.29, 0.717) is 24.0 Å². The Morgan fingerprint density at radius 1 is 0.846 bits per heavy atom. The molecule has 0 radical (unpaired) electrons. The summed E-state index contributed by atoms with van der Waals surface area (Å²) >= 11 is 0. The number of aliphatic hydroxyl groups is 1. The van der Waals surface area contributed by atoms with Gasteiger partial charge in [0.25, 0.3) is 0 Å². The average Bonchev–Trinajstić information content (AvgIpc) is 2.60. The highest BCUT2D eigenvalue weighted by molar-refractivity contribution is 4.93. The number of hydrogen-bond acceptors (Lipinski definition) is 3. The first-order chi connectivity index (χ1) is 12.2. The van der Waals surface area contributed by atoms with Crippen molar-refractivity contribution in [1.29, 1.82) is 0 Å². The maximum atomic E-state index is 9.41. The van der Waals surface area contributed by atoms with Crippen molar-refractivity contribution in [3.8, 4) is 0 Å². The average molecular weight is 369 g/mol. The number of aliphatic hydroxyl groups excluding tert-OH is 1. The van der Waals surface area contributed by atoms with Gasteiger partial charge < -0.3 is 14.6 Å². The third kappa shape index (κ3) is 5.69. The summed E-state index contributed by atoms with van der Waals surface area (Å²) in [7, 11) is 0. The maximum absolute atomic E-state index is 9.41. The quantitative estimate of drug-likeness (QED) is 0.607. The van der Waals surface area contributed by atoms with Crippen LogP contribution < -0.4 is 0 Å². The lowest BCUT2D eigenvalue weighted by Crippen LogP contribution is -2.42. The third-order valence-corrected chi connectivity index (χ3v) is 7.58. The second-order valence-corrected chi connectivity index (χ2v) is 10.1. The van der Waals surface area contributed by atoms with Gasteiger partial charge in [0.1, 0.15) is 0 Å². The fourth-order valence-corrected chi connectivity index (χ4v) is 5.60. The largest absolute Gasteiger partial charge is 0.391 e. The van der Waals surface area contributed by atoms with Crippen molar-refractivity contribution >= 4 is 0 Å². The Morgan fingerprint density at radius 3 is 1.77 bits per heavy atom. The van der Waals surface area contributed by atoms with Gasteiger partial charge in [-0.2, -0.15) is 0 Å². The number of hydrogen-bond donors (Lipinski definition) is 1. The fraction of sp³-hybridized carbons (Fsp3) is 1.00. The van der Waals surface area contributed by atoms with Crippen LogP contribution in [0.15, 0.2) is 0 Å². The van der Waals surface area contributed by atoms with Crippen molar-refractivity contribution in [2.45, 2.75) is 111 Å². The SMILES string of the molecule is CCOC(C)(C)C1CCC(C(C)(C)C2CCC(OCC(C)O)CC2)CC1. The van der Waals surface area contributed by atoms with Crippen LogP contribution in [0.2, 0.25) is 0 Å². The van der Waals surface area contributed by atoms with Crippen LogP contribution in [0.5, 0.6) is 0 Å². The summed E-state index contributed by atoms with van der Waals surface area (Å²) in [5, 5.41) is 9.41. The minimum absolute atomic E-state index is 0.0309. The van der Waals surface area contributed by atoms with E-state index < -0.39 is 0 Å². The van der Waals surface area contributed by atoms with Crippen LogP contribution >= 0.6 is 0 Å². The molecule has 1 atom stereocenters. The molecule has 0 aromatic carbocycles. The number of rotatable bonds is 8. The van der Waals surface area contributed by atoms with Gasteiger partial charge in [0.05, 0.1) is 24.4 Å². The first-order valence-electron chi connectivity index (χ1n) is 11.1. The Labute approximate surface area is 162 Å². The van der Waals surface area contributed by atoms with Crippen LogP contribution in [0.25, 0.3) is 0 Å². The highest BCUT2D eigenvalue weighted by atomic mass is 16.5. The van der Waals surface area contributed by atoms with E-state index in [-0.39, 0.29) is 11.7 Å². The van der Waals surface area contributed by atoms with E-state index in [1.54, 1.807) is 6.92 Å². The molecule has 1 unspecified atom stereocenters. The molecule has 0 heterocycles. The summed E-state index contributed by atoms with van der Waals surface area (Å²) in [6, 6.07) is 0. The van der Waals surface area contributed by atoms with E-state index in [1.807, 2.05) is 0 Å². The summed E-state index contributed by atoms with van der Waals surface area (Å²) < 4.78 is 11.9. The lowest BCUT2D eigenvalue weighted by atomic mass is 9.59. The topological polar surface area (TPSA) is 38.7 Å². The molecule has 26 heavy (non-hydrogen) atoms. The monoisotopic (exact) mass is 368 g/mol. The third-order valence-electron chi connectivity index (χ3n) is 7.58. The van der Waals surface area contributed by atoms with Crippen LogP contribution in [0.4, 0.5) is 0 Å². The zero-order chi connectivity index (χ0) is 19.4. The van der Waals surface area contributed by atoms with Crippen LogP contribution in [0.3, 0.4) is 0 Å². The molecular weight excluding hydrogens is 324 g/mol. The first kappa shape index (κ1) is 22.2. The van der Waals surface area contributed by atoms with E-state index in [4.69, 9.17) is 9.47 Å². The summed E-state index contributed by atoms with van der Waals surface area (Å²) in [4.78, 5) is 0. The van der Waals surface area contributed by atoms with Gasteiger partial charge in [-0.05, 0) is 102 Å². The van der Waals surface area contributed by atoms with Crippen molar-refractivity contribution in [3.05, 3.63) is 0 Å². The molecule has 2 rings (SSSR count). The van der Waals surface area contributed by atoms with Crippen LogP contribution in [-0.2, 0) is 9.47 Å². The van der Waals surface area contributed by atoms with Gasteiger partial charge in [0, 0.05) is 6.61 Å². The summed E-state index contributed by atoms with van der Waals surface area (Å²) in [6.07, 6.45) is 10.2. The Kier molecular flexibility index (Phi) is 8.00. The summed E-state index contributed by atoms with van der Waals surface area (Å²) in [5.41, 5.74) is 0.457. The highest BCUT2D eigenvalue weighted by Gasteiger charge is 2.42. The zero-order valence-electron chi connectivity index (χ0n) is 18.2.